The van der Waals surface area contributed by atoms with E-state index >= 15 is 0 Å². The molecule has 1 aromatic rings. The Morgan fingerprint density at radius 3 is 2.71 bits per heavy atom. The Kier molecular flexibility index (Phi) is 4.90. The third kappa shape index (κ3) is 4.71. The third-order valence-electron chi connectivity index (χ3n) is 2.45. The lowest BCUT2D eigenvalue weighted by Crippen LogP contribution is -2.25. The predicted octanol–water partition coefficient (Wildman–Crippen LogP) is 2.71. The van der Waals surface area contributed by atoms with Crippen LogP contribution in [-0.4, -0.2) is 30.3 Å². The van der Waals surface area contributed by atoms with Gasteiger partial charge in [0.1, 0.15) is 5.15 Å². The Bertz CT molecular complexity index is 376. The third-order valence-corrected chi connectivity index (χ3v) is 2.68. The van der Waals surface area contributed by atoms with Crippen molar-refractivity contribution < 1.29 is 14.3 Å². The molecule has 1 aromatic heterocycles. The number of hydrogen-bond donors (Lipinski definition) is 0. The molecule has 0 N–H and O–H groups in total. The first-order chi connectivity index (χ1) is 7.94. The van der Waals surface area contributed by atoms with E-state index in [1.165, 1.54) is 6.20 Å². The van der Waals surface area contributed by atoms with Gasteiger partial charge in [0.2, 0.25) is 0 Å². The summed E-state index contributed by atoms with van der Waals surface area (Å²) in [6.45, 7) is 4.18. The molecule has 4 nitrogen and oxygen atoms in total. The van der Waals surface area contributed by atoms with Crippen LogP contribution in [-0.2, 0) is 9.47 Å². The van der Waals surface area contributed by atoms with Crippen molar-refractivity contribution in [3.8, 4) is 0 Å². The van der Waals surface area contributed by atoms with E-state index in [0.29, 0.717) is 23.7 Å². The predicted molar refractivity (Wildman–Crippen MR) is 65.2 cm³/mol. The van der Waals surface area contributed by atoms with Crippen molar-refractivity contribution in [2.24, 2.45) is 0 Å². The first-order valence-corrected chi connectivity index (χ1v) is 5.66. The molecule has 1 heterocycles. The van der Waals surface area contributed by atoms with Crippen molar-refractivity contribution in [3.63, 3.8) is 0 Å². The zero-order chi connectivity index (χ0) is 12.9. The molecule has 0 saturated heterocycles. The lowest BCUT2D eigenvalue weighted by molar-refractivity contribution is -0.00564. The van der Waals surface area contributed by atoms with Gasteiger partial charge < -0.3 is 9.47 Å². The zero-order valence-corrected chi connectivity index (χ0v) is 11.0. The number of aromatic nitrogens is 1. The first kappa shape index (κ1) is 13.9. The average molecular weight is 258 g/mol. The molecule has 94 valence electrons. The molecule has 0 aromatic carbocycles. The van der Waals surface area contributed by atoms with Gasteiger partial charge in [-0.1, -0.05) is 11.6 Å². The van der Waals surface area contributed by atoms with E-state index in [0.717, 1.165) is 0 Å². The van der Waals surface area contributed by atoms with Gasteiger partial charge in [0.05, 0.1) is 17.8 Å². The number of methoxy groups -OCH3 is 1. The largest absolute Gasteiger partial charge is 0.462 e. The molecule has 0 aliphatic carbocycles. The molecule has 5 heteroatoms. The van der Waals surface area contributed by atoms with Crippen LogP contribution in [0.1, 0.15) is 30.6 Å². The second-order valence-electron chi connectivity index (χ2n) is 4.22. The minimum Gasteiger partial charge on any atom is -0.462 e. The maximum absolute atomic E-state index is 11.6. The molecular weight excluding hydrogens is 242 g/mol. The second kappa shape index (κ2) is 5.98. The van der Waals surface area contributed by atoms with Crippen LogP contribution < -0.4 is 0 Å². The summed E-state index contributed by atoms with van der Waals surface area (Å²) in [5.41, 5.74) is 0.100. The number of nitrogens with zero attached hydrogens (tertiary/aromatic N) is 1. The Balaban J connectivity index is 2.43. The monoisotopic (exact) mass is 257 g/mol. The van der Waals surface area contributed by atoms with Crippen LogP contribution in [0.25, 0.3) is 0 Å². The number of carbonyl (C=O) groups excluding carboxylic acids is 1. The second-order valence-corrected chi connectivity index (χ2v) is 4.61. The number of pyridine rings is 1. The van der Waals surface area contributed by atoms with Crippen molar-refractivity contribution in [1.29, 1.82) is 0 Å². The van der Waals surface area contributed by atoms with Gasteiger partial charge in [-0.15, -0.1) is 0 Å². The van der Waals surface area contributed by atoms with E-state index < -0.39 is 5.97 Å². The van der Waals surface area contributed by atoms with Crippen LogP contribution in [0.4, 0.5) is 0 Å². The lowest BCUT2D eigenvalue weighted by Gasteiger charge is -2.22. The van der Waals surface area contributed by atoms with Crippen LogP contribution in [0.2, 0.25) is 5.15 Å². The van der Waals surface area contributed by atoms with Crippen LogP contribution in [0.3, 0.4) is 0 Å². The van der Waals surface area contributed by atoms with Crippen LogP contribution in [0, 0.1) is 0 Å². The van der Waals surface area contributed by atoms with E-state index in [1.807, 2.05) is 13.8 Å². The van der Waals surface area contributed by atoms with E-state index in [2.05, 4.69) is 4.98 Å². The summed E-state index contributed by atoms with van der Waals surface area (Å²) in [5.74, 6) is -0.402. The summed E-state index contributed by atoms with van der Waals surface area (Å²) in [4.78, 5) is 15.4. The van der Waals surface area contributed by atoms with E-state index in [9.17, 15) is 4.79 Å². The zero-order valence-electron chi connectivity index (χ0n) is 10.2. The van der Waals surface area contributed by atoms with Crippen molar-refractivity contribution in [1.82, 2.24) is 4.98 Å². The first-order valence-electron chi connectivity index (χ1n) is 5.28. The fourth-order valence-corrected chi connectivity index (χ4v) is 1.18. The topological polar surface area (TPSA) is 48.4 Å². The average Bonchev–Trinajstić information content (AvgIpc) is 2.29. The quantitative estimate of drug-likeness (QED) is 0.601. The van der Waals surface area contributed by atoms with Crippen LogP contribution >= 0.6 is 11.6 Å². The van der Waals surface area contributed by atoms with Crippen molar-refractivity contribution >= 4 is 17.6 Å². The van der Waals surface area contributed by atoms with Crippen molar-refractivity contribution in [2.45, 2.75) is 25.9 Å². The summed E-state index contributed by atoms with van der Waals surface area (Å²) in [6, 6.07) is 3.14. The van der Waals surface area contributed by atoms with Gasteiger partial charge in [-0.25, -0.2) is 9.78 Å². The van der Waals surface area contributed by atoms with Gasteiger partial charge in [0, 0.05) is 19.7 Å². The van der Waals surface area contributed by atoms with Gasteiger partial charge in [-0.3, -0.25) is 0 Å². The number of carbonyl (C=O) groups is 1. The highest BCUT2D eigenvalue weighted by Gasteiger charge is 2.17. The Labute approximate surface area is 106 Å². The number of halogens is 1. The molecular formula is C12H16ClNO3. The summed E-state index contributed by atoms with van der Waals surface area (Å²) in [6.07, 6.45) is 2.03. The minimum absolute atomic E-state index is 0.293. The van der Waals surface area contributed by atoms with Crippen molar-refractivity contribution in [2.75, 3.05) is 13.7 Å². The number of esters is 1. The molecule has 0 aliphatic rings. The molecule has 17 heavy (non-hydrogen) atoms. The maximum atomic E-state index is 11.6. The SMILES string of the molecule is COC(C)(C)CCOC(=O)c1ccc(Cl)nc1. The summed E-state index contributed by atoms with van der Waals surface area (Å²) in [5, 5.41) is 0.349. The Hall–Kier alpha value is -1.13. The molecule has 0 bridgehead atoms. The van der Waals surface area contributed by atoms with Gasteiger partial charge >= 0.3 is 5.97 Å². The fraction of sp³-hybridized carbons (Fsp3) is 0.500. The molecule has 0 unspecified atom stereocenters. The summed E-state index contributed by atoms with van der Waals surface area (Å²) in [7, 11) is 1.63. The van der Waals surface area contributed by atoms with Gasteiger partial charge in [0.15, 0.2) is 0 Å². The van der Waals surface area contributed by atoms with Crippen LogP contribution in [0.15, 0.2) is 18.3 Å². The molecule has 0 radical (unpaired) electrons. The smallest absolute Gasteiger partial charge is 0.339 e. The fourth-order valence-electron chi connectivity index (χ4n) is 1.07. The standard InChI is InChI=1S/C12H16ClNO3/c1-12(2,16-3)6-7-17-11(15)9-4-5-10(13)14-8-9/h4-5,8H,6-7H2,1-3H3. The van der Waals surface area contributed by atoms with E-state index in [1.54, 1.807) is 19.2 Å². The van der Waals surface area contributed by atoms with E-state index in [4.69, 9.17) is 21.1 Å². The van der Waals surface area contributed by atoms with Crippen molar-refractivity contribution in [3.05, 3.63) is 29.0 Å². The highest BCUT2D eigenvalue weighted by Crippen LogP contribution is 2.13. The molecule has 1 rings (SSSR count). The van der Waals surface area contributed by atoms with Crippen LogP contribution in [0.5, 0.6) is 0 Å². The summed E-state index contributed by atoms with van der Waals surface area (Å²) >= 11 is 5.62. The van der Waals surface area contributed by atoms with Gasteiger partial charge in [0.25, 0.3) is 0 Å². The van der Waals surface area contributed by atoms with Gasteiger partial charge in [-0.2, -0.15) is 0 Å². The lowest BCUT2D eigenvalue weighted by atomic mass is 10.1. The minimum atomic E-state index is -0.402. The molecule has 0 amide bonds. The molecule has 0 aliphatic heterocycles. The molecule has 0 atom stereocenters. The Morgan fingerprint density at radius 1 is 1.47 bits per heavy atom. The number of hydrogen-bond acceptors (Lipinski definition) is 4. The highest BCUT2D eigenvalue weighted by molar-refractivity contribution is 6.29. The summed E-state index contributed by atoms with van der Waals surface area (Å²) < 4.78 is 10.3. The molecule has 0 spiro atoms. The van der Waals surface area contributed by atoms with Gasteiger partial charge in [-0.05, 0) is 26.0 Å². The molecule has 0 saturated carbocycles. The number of ether oxygens (including phenoxy) is 2. The maximum Gasteiger partial charge on any atom is 0.339 e. The highest BCUT2D eigenvalue weighted by atomic mass is 35.5. The molecule has 0 fully saturated rings. The Morgan fingerprint density at radius 2 is 2.18 bits per heavy atom. The van der Waals surface area contributed by atoms with E-state index in [-0.39, 0.29) is 5.60 Å². The normalized spacial score (nSPS) is 11.3. The number of rotatable bonds is 5.